The summed E-state index contributed by atoms with van der Waals surface area (Å²) in [5, 5.41) is 17.3. The van der Waals surface area contributed by atoms with Gasteiger partial charge < -0.3 is 10.6 Å². The second-order valence-corrected chi connectivity index (χ2v) is 5.94. The summed E-state index contributed by atoms with van der Waals surface area (Å²) in [5.74, 6) is -0.157. The highest BCUT2D eigenvalue weighted by molar-refractivity contribution is 5.97. The molecule has 0 aliphatic carbocycles. The third kappa shape index (κ3) is 3.69. The molecule has 0 bridgehead atoms. The summed E-state index contributed by atoms with van der Waals surface area (Å²) < 4.78 is 0. The Morgan fingerprint density at radius 2 is 2.05 bits per heavy atom. The molecular weight excluding hydrogens is 284 g/mol. The maximum absolute atomic E-state index is 11.8. The number of aromatic nitrogens is 1. The predicted octanol–water partition coefficient (Wildman–Crippen LogP) is 2.47. The quantitative estimate of drug-likeness (QED) is 0.668. The molecular formula is C15H18N4O3. The number of nitrogens with one attached hydrogen (secondary N) is 2. The van der Waals surface area contributed by atoms with Gasteiger partial charge in [-0.3, -0.25) is 19.9 Å². The van der Waals surface area contributed by atoms with Gasteiger partial charge in [0.05, 0.1) is 22.5 Å². The van der Waals surface area contributed by atoms with Gasteiger partial charge in [-0.2, -0.15) is 0 Å². The third-order valence-corrected chi connectivity index (χ3v) is 2.90. The van der Waals surface area contributed by atoms with E-state index in [-0.39, 0.29) is 23.7 Å². The highest BCUT2D eigenvalue weighted by Gasteiger charge is 2.16. The molecule has 22 heavy (non-hydrogen) atoms. The molecule has 1 aromatic carbocycles. The SMILES string of the molecule is CC(C)(C)NC(=O)CNc1ccc([N+](=O)[O-])c2cccnc12. The highest BCUT2D eigenvalue weighted by Crippen LogP contribution is 2.29. The van der Waals surface area contributed by atoms with Crippen LogP contribution in [0.2, 0.25) is 0 Å². The van der Waals surface area contributed by atoms with Crippen LogP contribution in [-0.2, 0) is 4.79 Å². The number of anilines is 1. The Labute approximate surface area is 127 Å². The van der Waals surface area contributed by atoms with Crippen molar-refractivity contribution in [2.24, 2.45) is 0 Å². The molecule has 2 rings (SSSR count). The van der Waals surface area contributed by atoms with Gasteiger partial charge in [0.15, 0.2) is 0 Å². The van der Waals surface area contributed by atoms with Gasteiger partial charge in [0.25, 0.3) is 5.69 Å². The van der Waals surface area contributed by atoms with Crippen LogP contribution in [0.3, 0.4) is 0 Å². The number of amides is 1. The van der Waals surface area contributed by atoms with Crippen LogP contribution in [0, 0.1) is 10.1 Å². The maximum atomic E-state index is 11.8. The molecule has 0 atom stereocenters. The van der Waals surface area contributed by atoms with Crippen molar-refractivity contribution < 1.29 is 9.72 Å². The molecule has 0 aliphatic rings. The first-order valence-corrected chi connectivity index (χ1v) is 6.85. The Balaban J connectivity index is 2.24. The predicted molar refractivity (Wildman–Crippen MR) is 84.8 cm³/mol. The number of non-ortho nitro benzene ring substituents is 1. The van der Waals surface area contributed by atoms with E-state index in [9.17, 15) is 14.9 Å². The Hall–Kier alpha value is -2.70. The summed E-state index contributed by atoms with van der Waals surface area (Å²) in [6, 6.07) is 6.26. The lowest BCUT2D eigenvalue weighted by Gasteiger charge is -2.20. The molecule has 1 amide bonds. The highest BCUT2D eigenvalue weighted by atomic mass is 16.6. The van der Waals surface area contributed by atoms with Gasteiger partial charge in [0, 0.05) is 17.8 Å². The summed E-state index contributed by atoms with van der Waals surface area (Å²) in [7, 11) is 0. The summed E-state index contributed by atoms with van der Waals surface area (Å²) in [4.78, 5) is 26.6. The molecule has 0 saturated heterocycles. The minimum absolute atomic E-state index is 0.00667. The smallest absolute Gasteiger partial charge is 0.278 e. The van der Waals surface area contributed by atoms with Gasteiger partial charge >= 0.3 is 0 Å². The molecule has 0 radical (unpaired) electrons. The zero-order valence-corrected chi connectivity index (χ0v) is 12.7. The van der Waals surface area contributed by atoms with Crippen LogP contribution < -0.4 is 10.6 Å². The monoisotopic (exact) mass is 302 g/mol. The molecule has 1 heterocycles. The molecule has 7 heteroatoms. The Kier molecular flexibility index (Phi) is 4.25. The van der Waals surface area contributed by atoms with Crippen molar-refractivity contribution in [3.05, 3.63) is 40.6 Å². The zero-order valence-electron chi connectivity index (χ0n) is 12.7. The third-order valence-electron chi connectivity index (χ3n) is 2.90. The molecule has 0 saturated carbocycles. The topological polar surface area (TPSA) is 97.2 Å². The molecule has 1 aromatic heterocycles. The van der Waals surface area contributed by atoms with Crippen LogP contribution in [0.15, 0.2) is 30.5 Å². The van der Waals surface area contributed by atoms with E-state index in [4.69, 9.17) is 0 Å². The fraction of sp³-hybridized carbons (Fsp3) is 0.333. The number of pyridine rings is 1. The Morgan fingerprint density at radius 3 is 2.68 bits per heavy atom. The van der Waals surface area contributed by atoms with E-state index in [0.717, 1.165) is 0 Å². The number of benzene rings is 1. The van der Waals surface area contributed by atoms with Gasteiger partial charge in [-0.15, -0.1) is 0 Å². The van der Waals surface area contributed by atoms with Gasteiger partial charge in [-0.1, -0.05) is 0 Å². The number of nitro groups is 1. The second kappa shape index (κ2) is 5.97. The van der Waals surface area contributed by atoms with Crippen molar-refractivity contribution in [3.63, 3.8) is 0 Å². The second-order valence-electron chi connectivity index (χ2n) is 5.94. The average Bonchev–Trinajstić information content (AvgIpc) is 2.42. The lowest BCUT2D eigenvalue weighted by atomic mass is 10.1. The van der Waals surface area contributed by atoms with E-state index in [2.05, 4.69) is 15.6 Å². The molecule has 0 aliphatic heterocycles. The Morgan fingerprint density at radius 1 is 1.32 bits per heavy atom. The molecule has 116 valence electrons. The van der Waals surface area contributed by atoms with Crippen LogP contribution in [-0.4, -0.2) is 27.9 Å². The fourth-order valence-corrected chi connectivity index (χ4v) is 2.10. The van der Waals surface area contributed by atoms with E-state index in [1.54, 1.807) is 24.4 Å². The van der Waals surface area contributed by atoms with E-state index < -0.39 is 4.92 Å². The zero-order chi connectivity index (χ0) is 16.3. The van der Waals surface area contributed by atoms with Crippen molar-refractivity contribution in [1.82, 2.24) is 10.3 Å². The number of rotatable bonds is 4. The molecule has 0 spiro atoms. The number of hydrogen-bond donors (Lipinski definition) is 2. The summed E-state index contributed by atoms with van der Waals surface area (Å²) >= 11 is 0. The maximum Gasteiger partial charge on any atom is 0.278 e. The summed E-state index contributed by atoms with van der Waals surface area (Å²) in [5.41, 5.74) is 0.743. The molecule has 0 unspecified atom stereocenters. The van der Waals surface area contributed by atoms with Gasteiger partial charge in [-0.25, -0.2) is 0 Å². The van der Waals surface area contributed by atoms with Crippen molar-refractivity contribution in [1.29, 1.82) is 0 Å². The first-order chi connectivity index (χ1) is 10.3. The van der Waals surface area contributed by atoms with Crippen LogP contribution in [0.1, 0.15) is 20.8 Å². The molecule has 2 aromatic rings. The fourth-order valence-electron chi connectivity index (χ4n) is 2.10. The normalized spacial score (nSPS) is 11.2. The van der Waals surface area contributed by atoms with Gasteiger partial charge in [0.1, 0.15) is 5.52 Å². The van der Waals surface area contributed by atoms with E-state index >= 15 is 0 Å². The van der Waals surface area contributed by atoms with E-state index in [0.29, 0.717) is 16.6 Å². The molecule has 2 N–H and O–H groups in total. The van der Waals surface area contributed by atoms with Crippen LogP contribution >= 0.6 is 0 Å². The summed E-state index contributed by atoms with van der Waals surface area (Å²) in [6.45, 7) is 5.76. The van der Waals surface area contributed by atoms with Gasteiger partial charge in [0.2, 0.25) is 5.91 Å². The molecule has 0 fully saturated rings. The number of hydrogen-bond acceptors (Lipinski definition) is 5. The average molecular weight is 302 g/mol. The van der Waals surface area contributed by atoms with Crippen molar-refractivity contribution >= 4 is 28.2 Å². The van der Waals surface area contributed by atoms with E-state index in [1.165, 1.54) is 6.07 Å². The largest absolute Gasteiger partial charge is 0.374 e. The first-order valence-electron chi connectivity index (χ1n) is 6.85. The lowest BCUT2D eigenvalue weighted by molar-refractivity contribution is -0.383. The number of nitro benzene ring substituents is 1. The molecule has 7 nitrogen and oxygen atoms in total. The van der Waals surface area contributed by atoms with Crippen molar-refractivity contribution in [2.75, 3.05) is 11.9 Å². The number of carbonyl (C=O) groups excluding carboxylic acids is 1. The minimum Gasteiger partial charge on any atom is -0.374 e. The van der Waals surface area contributed by atoms with Crippen molar-refractivity contribution in [2.45, 2.75) is 26.3 Å². The van der Waals surface area contributed by atoms with Crippen LogP contribution in [0.5, 0.6) is 0 Å². The standard InChI is InChI=1S/C15H18N4O3/c1-15(2,3)18-13(20)9-17-11-6-7-12(19(21)22)10-5-4-8-16-14(10)11/h4-8,17H,9H2,1-3H3,(H,18,20). The number of carbonyl (C=O) groups is 1. The summed E-state index contributed by atoms with van der Waals surface area (Å²) in [6.07, 6.45) is 1.56. The van der Waals surface area contributed by atoms with Crippen LogP contribution in [0.25, 0.3) is 10.9 Å². The number of fused-ring (bicyclic) bond motifs is 1. The first kappa shape index (κ1) is 15.7. The minimum atomic E-state index is -0.444. The number of nitrogens with zero attached hydrogens (tertiary/aromatic N) is 2. The van der Waals surface area contributed by atoms with E-state index in [1.807, 2.05) is 20.8 Å². The van der Waals surface area contributed by atoms with Crippen LogP contribution in [0.4, 0.5) is 11.4 Å². The lowest BCUT2D eigenvalue weighted by Crippen LogP contribution is -2.43. The van der Waals surface area contributed by atoms with Gasteiger partial charge in [-0.05, 0) is 39.0 Å². The van der Waals surface area contributed by atoms with Crippen molar-refractivity contribution in [3.8, 4) is 0 Å². The Bertz CT molecular complexity index is 722.